The highest BCUT2D eigenvalue weighted by atomic mass is 127. The molecule has 0 aliphatic rings. The van der Waals surface area contributed by atoms with Crippen molar-refractivity contribution in [2.24, 2.45) is 0 Å². The van der Waals surface area contributed by atoms with E-state index in [4.69, 9.17) is 0 Å². The molecule has 0 amide bonds. The molecule has 0 unspecified atom stereocenters. The summed E-state index contributed by atoms with van der Waals surface area (Å²) < 4.78 is 2.11. The quantitative estimate of drug-likeness (QED) is 0.632. The van der Waals surface area contributed by atoms with Crippen LogP contribution in [-0.2, 0) is 0 Å². The molecule has 0 atom stereocenters. The van der Waals surface area contributed by atoms with E-state index < -0.39 is 0 Å². The first-order valence-electron chi connectivity index (χ1n) is 2.58. The predicted octanol–water partition coefficient (Wildman–Crippen LogP) is 2.90. The van der Waals surface area contributed by atoms with Crippen LogP contribution in [0.15, 0.2) is 23.7 Å². The van der Waals surface area contributed by atoms with Gasteiger partial charge >= 0.3 is 0 Å². The van der Waals surface area contributed by atoms with Crippen LogP contribution in [0, 0.1) is 0 Å². The van der Waals surface area contributed by atoms with E-state index in [1.54, 1.807) is 11.3 Å². The molecule has 2 rings (SSSR count). The van der Waals surface area contributed by atoms with Crippen LogP contribution in [0.2, 0.25) is 0 Å². The Hall–Kier alpha value is -0.0300. The maximum absolute atomic E-state index is 2.28. The maximum atomic E-state index is 2.28. The van der Waals surface area contributed by atoms with Gasteiger partial charge in [-0.1, -0.05) is 0 Å². The minimum absolute atomic E-state index is 1.34. The Morgan fingerprint density at radius 3 is 3.11 bits per heavy atom. The van der Waals surface area contributed by atoms with Crippen LogP contribution in [0.1, 0.15) is 0 Å². The Morgan fingerprint density at radius 2 is 2.33 bits per heavy atom. The van der Waals surface area contributed by atoms with Gasteiger partial charge in [-0.3, -0.25) is 2.78 Å². The summed E-state index contributed by atoms with van der Waals surface area (Å²) in [5, 5.41) is 3.45. The van der Waals surface area contributed by atoms with Gasteiger partial charge in [0, 0.05) is 11.6 Å². The van der Waals surface area contributed by atoms with Crippen LogP contribution < -0.4 is 0 Å². The van der Waals surface area contributed by atoms with E-state index in [2.05, 4.69) is 49.4 Å². The predicted molar refractivity (Wildman–Crippen MR) is 49.2 cm³/mol. The van der Waals surface area contributed by atoms with E-state index in [1.165, 1.54) is 10.2 Å². The minimum Gasteiger partial charge on any atom is -0.281 e. The molecule has 1 nitrogen and oxygen atoms in total. The summed E-state index contributed by atoms with van der Waals surface area (Å²) in [6.45, 7) is 0. The van der Waals surface area contributed by atoms with Crippen LogP contribution in [0.5, 0.6) is 0 Å². The van der Waals surface area contributed by atoms with E-state index in [-0.39, 0.29) is 0 Å². The summed E-state index contributed by atoms with van der Waals surface area (Å²) in [7, 11) is 0. The Bertz CT molecular complexity index is 322. The largest absolute Gasteiger partial charge is 0.281 e. The number of hydrogen-bond donors (Lipinski definition) is 0. The van der Waals surface area contributed by atoms with Gasteiger partial charge in [-0.25, -0.2) is 0 Å². The number of rotatable bonds is 0. The van der Waals surface area contributed by atoms with Crippen molar-refractivity contribution in [3.05, 3.63) is 23.7 Å². The fraction of sp³-hybridized carbons (Fsp3) is 0. The molecule has 0 N–H and O–H groups in total. The first kappa shape index (κ1) is 5.73. The van der Waals surface area contributed by atoms with Gasteiger partial charge in [-0.15, -0.1) is 11.3 Å². The monoisotopic (exact) mass is 249 g/mol. The van der Waals surface area contributed by atoms with Crippen molar-refractivity contribution in [2.45, 2.75) is 0 Å². The Labute approximate surface area is 70.8 Å². The Balaban J connectivity index is 2.99. The summed E-state index contributed by atoms with van der Waals surface area (Å²) in [4.78, 5) is 1.34. The molecule has 0 fully saturated rings. The molecule has 46 valence electrons. The van der Waals surface area contributed by atoms with E-state index in [0.717, 1.165) is 0 Å². The molecule has 2 heterocycles. The molecule has 9 heavy (non-hydrogen) atoms. The molecule has 2 aromatic rings. The number of aromatic nitrogens is 1. The molecular formula is C6H4INS. The minimum atomic E-state index is 1.34. The molecule has 0 bridgehead atoms. The van der Waals surface area contributed by atoms with Crippen molar-refractivity contribution in [1.82, 2.24) is 2.78 Å². The van der Waals surface area contributed by atoms with Crippen molar-refractivity contribution < 1.29 is 0 Å². The van der Waals surface area contributed by atoms with Crippen molar-refractivity contribution in [3.63, 3.8) is 0 Å². The summed E-state index contributed by atoms with van der Waals surface area (Å²) in [5.41, 5.74) is 0. The fourth-order valence-electron chi connectivity index (χ4n) is 0.825. The van der Waals surface area contributed by atoms with Gasteiger partial charge < -0.3 is 0 Å². The van der Waals surface area contributed by atoms with E-state index in [9.17, 15) is 0 Å². The number of hydrogen-bond acceptors (Lipinski definition) is 1. The molecule has 0 aromatic carbocycles. The van der Waals surface area contributed by atoms with Gasteiger partial charge in [0.2, 0.25) is 0 Å². The van der Waals surface area contributed by atoms with Gasteiger partial charge in [-0.2, -0.15) is 0 Å². The second-order valence-corrected chi connectivity index (χ2v) is 3.74. The van der Waals surface area contributed by atoms with Crippen LogP contribution in [0.3, 0.4) is 0 Å². The van der Waals surface area contributed by atoms with Gasteiger partial charge in [0.25, 0.3) is 0 Å². The zero-order valence-electron chi connectivity index (χ0n) is 4.54. The highest BCUT2D eigenvalue weighted by Crippen LogP contribution is 2.23. The molecular weight excluding hydrogens is 245 g/mol. The highest BCUT2D eigenvalue weighted by Gasteiger charge is 1.96. The zero-order valence-corrected chi connectivity index (χ0v) is 7.52. The van der Waals surface area contributed by atoms with Crippen LogP contribution in [-0.4, -0.2) is 2.78 Å². The lowest BCUT2D eigenvalue weighted by Crippen LogP contribution is -1.65. The van der Waals surface area contributed by atoms with E-state index in [0.29, 0.717) is 0 Å². The average Bonchev–Trinajstić information content (AvgIpc) is 2.35. The maximum Gasteiger partial charge on any atom is 0.111 e. The van der Waals surface area contributed by atoms with Gasteiger partial charge in [0.1, 0.15) is 4.83 Å². The third kappa shape index (κ3) is 0.789. The molecule has 0 aliphatic carbocycles. The smallest absolute Gasteiger partial charge is 0.111 e. The second-order valence-electron chi connectivity index (χ2n) is 1.81. The third-order valence-corrected chi connectivity index (χ3v) is 3.31. The van der Waals surface area contributed by atoms with E-state index >= 15 is 0 Å². The molecule has 0 saturated heterocycles. The molecule has 0 aliphatic heterocycles. The van der Waals surface area contributed by atoms with Crippen molar-refractivity contribution in [2.75, 3.05) is 0 Å². The standard InChI is InChI=1S/C6H4INS/c7-8-3-1-5-2-4-9-6(5)8/h1-4H. The average molecular weight is 249 g/mol. The summed E-state index contributed by atoms with van der Waals surface area (Å²) >= 11 is 4.05. The number of thiophene rings is 1. The lowest BCUT2D eigenvalue weighted by atomic mass is 10.4. The number of nitrogens with zero attached hydrogens (tertiary/aromatic N) is 1. The molecule has 0 radical (unpaired) electrons. The number of halogens is 1. The van der Waals surface area contributed by atoms with Gasteiger partial charge in [0.15, 0.2) is 0 Å². The number of fused-ring (bicyclic) bond motifs is 1. The lowest BCUT2D eigenvalue weighted by molar-refractivity contribution is 1.45. The lowest BCUT2D eigenvalue weighted by Gasteiger charge is -1.82. The van der Waals surface area contributed by atoms with Gasteiger partial charge in [-0.05, 0) is 17.5 Å². The summed E-state index contributed by atoms with van der Waals surface area (Å²) in [5.74, 6) is 0. The summed E-state index contributed by atoms with van der Waals surface area (Å²) in [6, 6.07) is 4.26. The first-order valence-corrected chi connectivity index (χ1v) is 4.43. The Kier molecular flexibility index (Phi) is 1.26. The molecule has 0 saturated carbocycles. The normalized spacial score (nSPS) is 10.8. The highest BCUT2D eigenvalue weighted by molar-refractivity contribution is 14.1. The van der Waals surface area contributed by atoms with Crippen LogP contribution in [0.4, 0.5) is 0 Å². The fourth-order valence-corrected chi connectivity index (χ4v) is 2.38. The van der Waals surface area contributed by atoms with Crippen LogP contribution >= 0.6 is 34.2 Å². The van der Waals surface area contributed by atoms with Crippen molar-refractivity contribution >= 4 is 44.4 Å². The van der Waals surface area contributed by atoms with Gasteiger partial charge in [0.05, 0.1) is 22.9 Å². The third-order valence-electron chi connectivity index (χ3n) is 1.25. The molecule has 3 heteroatoms. The SMILES string of the molecule is In1ccc2ccsc21. The van der Waals surface area contributed by atoms with Crippen molar-refractivity contribution in [1.29, 1.82) is 0 Å². The zero-order chi connectivity index (χ0) is 6.27. The van der Waals surface area contributed by atoms with Crippen molar-refractivity contribution in [3.8, 4) is 0 Å². The first-order chi connectivity index (χ1) is 4.38. The summed E-state index contributed by atoms with van der Waals surface area (Å²) in [6.07, 6.45) is 2.07. The van der Waals surface area contributed by atoms with E-state index in [1.807, 2.05) is 0 Å². The molecule has 2 aromatic heterocycles. The van der Waals surface area contributed by atoms with Crippen LogP contribution in [0.25, 0.3) is 10.2 Å². The topological polar surface area (TPSA) is 4.93 Å². The Morgan fingerprint density at radius 1 is 1.44 bits per heavy atom. The second kappa shape index (κ2) is 1.98. The molecule has 0 spiro atoms.